The van der Waals surface area contributed by atoms with Crippen LogP contribution in [0.2, 0.25) is 0 Å². The van der Waals surface area contributed by atoms with Crippen molar-refractivity contribution in [1.82, 2.24) is 5.32 Å². The van der Waals surface area contributed by atoms with Crippen LogP contribution >= 0.6 is 23.1 Å². The molecule has 1 N–H and O–H groups in total. The standard InChI is InChI=1S/C15H12N2OS2/c1-10-5-2-3-7-12(10)16-15-17-14(18)13(20-15)9-11-6-4-8-19-11/h2-9H,1H3,(H,16,17,18). The summed E-state index contributed by atoms with van der Waals surface area (Å²) in [5.41, 5.74) is 1.97. The second kappa shape index (κ2) is 5.64. The van der Waals surface area contributed by atoms with Gasteiger partial charge in [-0.1, -0.05) is 24.3 Å². The third-order valence-electron chi connectivity index (χ3n) is 2.80. The number of nitrogens with one attached hydrogen (secondary N) is 1. The number of carbonyl (C=O) groups excluding carboxylic acids is 1. The quantitative estimate of drug-likeness (QED) is 0.853. The molecule has 100 valence electrons. The van der Waals surface area contributed by atoms with Gasteiger partial charge in [-0.15, -0.1) is 11.3 Å². The summed E-state index contributed by atoms with van der Waals surface area (Å²) >= 11 is 2.99. The van der Waals surface area contributed by atoms with Gasteiger partial charge in [-0.25, -0.2) is 4.99 Å². The molecule has 1 saturated heterocycles. The van der Waals surface area contributed by atoms with Crippen molar-refractivity contribution in [2.75, 3.05) is 0 Å². The van der Waals surface area contributed by atoms with E-state index in [0.717, 1.165) is 16.1 Å². The third kappa shape index (κ3) is 2.84. The Morgan fingerprint density at radius 1 is 1.20 bits per heavy atom. The molecule has 20 heavy (non-hydrogen) atoms. The maximum atomic E-state index is 11.9. The predicted octanol–water partition coefficient (Wildman–Crippen LogP) is 3.95. The van der Waals surface area contributed by atoms with Crippen LogP contribution in [0.25, 0.3) is 6.08 Å². The Hall–Kier alpha value is -1.85. The summed E-state index contributed by atoms with van der Waals surface area (Å²) in [7, 11) is 0. The number of nitrogens with zero attached hydrogens (tertiary/aromatic N) is 1. The van der Waals surface area contributed by atoms with E-state index < -0.39 is 0 Å². The van der Waals surface area contributed by atoms with Crippen LogP contribution in [0.15, 0.2) is 51.7 Å². The van der Waals surface area contributed by atoms with E-state index in [0.29, 0.717) is 10.1 Å². The normalized spacial score (nSPS) is 18.8. The number of para-hydroxylation sites is 1. The average Bonchev–Trinajstić information content (AvgIpc) is 3.04. The van der Waals surface area contributed by atoms with Crippen molar-refractivity contribution in [2.45, 2.75) is 6.92 Å². The Balaban J connectivity index is 1.85. The minimum absolute atomic E-state index is 0.0873. The molecule has 0 radical (unpaired) electrons. The lowest BCUT2D eigenvalue weighted by atomic mass is 10.2. The van der Waals surface area contributed by atoms with Gasteiger partial charge >= 0.3 is 0 Å². The SMILES string of the molecule is Cc1ccccc1N=C1NC(=O)C(=Cc2cccs2)S1. The molecular formula is C15H12N2OS2. The molecule has 1 fully saturated rings. The predicted molar refractivity (Wildman–Crippen MR) is 86.3 cm³/mol. The largest absolute Gasteiger partial charge is 0.300 e. The van der Waals surface area contributed by atoms with E-state index in [-0.39, 0.29) is 5.91 Å². The number of rotatable bonds is 2. The Bertz CT molecular complexity index is 702. The molecule has 1 amide bonds. The van der Waals surface area contributed by atoms with E-state index in [1.807, 2.05) is 54.8 Å². The first-order chi connectivity index (χ1) is 9.72. The zero-order valence-corrected chi connectivity index (χ0v) is 12.4. The van der Waals surface area contributed by atoms with Crippen molar-refractivity contribution in [3.63, 3.8) is 0 Å². The van der Waals surface area contributed by atoms with Gasteiger partial charge in [-0.05, 0) is 47.8 Å². The number of aliphatic imine (C=N–C) groups is 1. The fourth-order valence-electron chi connectivity index (χ4n) is 1.78. The number of thioether (sulfide) groups is 1. The summed E-state index contributed by atoms with van der Waals surface area (Å²) in [6.45, 7) is 2.00. The molecule has 0 atom stereocenters. The summed E-state index contributed by atoms with van der Waals surface area (Å²) in [4.78, 5) is 18.2. The smallest absolute Gasteiger partial charge is 0.264 e. The zero-order valence-electron chi connectivity index (χ0n) is 10.8. The highest BCUT2D eigenvalue weighted by molar-refractivity contribution is 8.18. The lowest BCUT2D eigenvalue weighted by Gasteiger charge is -1.99. The van der Waals surface area contributed by atoms with Gasteiger partial charge in [-0.2, -0.15) is 0 Å². The molecule has 0 saturated carbocycles. The van der Waals surface area contributed by atoms with Crippen LogP contribution in [-0.2, 0) is 4.79 Å². The minimum Gasteiger partial charge on any atom is -0.300 e. The zero-order chi connectivity index (χ0) is 13.9. The molecule has 0 spiro atoms. The van der Waals surface area contributed by atoms with Gasteiger partial charge in [0.2, 0.25) is 0 Å². The fourth-order valence-corrected chi connectivity index (χ4v) is 3.34. The monoisotopic (exact) mass is 300 g/mol. The number of benzene rings is 1. The second-order valence-electron chi connectivity index (χ2n) is 4.28. The maximum Gasteiger partial charge on any atom is 0.264 e. The molecule has 0 unspecified atom stereocenters. The van der Waals surface area contributed by atoms with Gasteiger partial charge in [0.25, 0.3) is 5.91 Å². The van der Waals surface area contributed by atoms with Gasteiger partial charge in [0.1, 0.15) is 0 Å². The highest BCUT2D eigenvalue weighted by Crippen LogP contribution is 2.29. The van der Waals surface area contributed by atoms with Crippen LogP contribution in [0, 0.1) is 6.92 Å². The Kier molecular flexibility index (Phi) is 3.71. The van der Waals surface area contributed by atoms with Gasteiger partial charge in [-0.3, -0.25) is 4.79 Å². The number of thiophene rings is 1. The lowest BCUT2D eigenvalue weighted by Crippen LogP contribution is -2.19. The molecule has 2 heterocycles. The molecule has 3 nitrogen and oxygen atoms in total. The summed E-state index contributed by atoms with van der Waals surface area (Å²) in [5, 5.41) is 5.43. The number of hydrogen-bond acceptors (Lipinski definition) is 4. The molecule has 0 bridgehead atoms. The van der Waals surface area contributed by atoms with Crippen LogP contribution in [0.3, 0.4) is 0 Å². The molecule has 1 aliphatic heterocycles. The van der Waals surface area contributed by atoms with Crippen molar-refractivity contribution < 1.29 is 4.79 Å². The van der Waals surface area contributed by atoms with Crippen LogP contribution in [0.4, 0.5) is 5.69 Å². The molecule has 5 heteroatoms. The first kappa shape index (κ1) is 13.1. The Labute approximate surface area is 125 Å². The van der Waals surface area contributed by atoms with Crippen molar-refractivity contribution in [1.29, 1.82) is 0 Å². The number of hydrogen-bond donors (Lipinski definition) is 1. The number of amidine groups is 1. The summed E-state index contributed by atoms with van der Waals surface area (Å²) in [6.07, 6.45) is 1.89. The first-order valence-electron chi connectivity index (χ1n) is 6.11. The van der Waals surface area contributed by atoms with E-state index >= 15 is 0 Å². The lowest BCUT2D eigenvalue weighted by molar-refractivity contribution is -0.115. The van der Waals surface area contributed by atoms with Crippen LogP contribution < -0.4 is 5.32 Å². The van der Waals surface area contributed by atoms with Gasteiger partial charge in [0.05, 0.1) is 10.6 Å². The van der Waals surface area contributed by atoms with Crippen molar-refractivity contribution in [2.24, 2.45) is 4.99 Å². The minimum atomic E-state index is -0.0873. The highest BCUT2D eigenvalue weighted by Gasteiger charge is 2.23. The second-order valence-corrected chi connectivity index (χ2v) is 6.29. The van der Waals surface area contributed by atoms with E-state index in [2.05, 4.69) is 10.3 Å². The Morgan fingerprint density at radius 2 is 2.05 bits per heavy atom. The van der Waals surface area contributed by atoms with E-state index in [9.17, 15) is 4.79 Å². The topological polar surface area (TPSA) is 41.5 Å². The van der Waals surface area contributed by atoms with E-state index in [1.54, 1.807) is 11.3 Å². The molecule has 3 rings (SSSR count). The van der Waals surface area contributed by atoms with Gasteiger partial charge in [0, 0.05) is 4.88 Å². The first-order valence-corrected chi connectivity index (χ1v) is 7.81. The molecular weight excluding hydrogens is 288 g/mol. The molecule has 1 aromatic carbocycles. The summed E-state index contributed by atoms with van der Waals surface area (Å²) in [5.74, 6) is -0.0873. The van der Waals surface area contributed by atoms with Gasteiger partial charge in [0.15, 0.2) is 5.17 Å². The summed E-state index contributed by atoms with van der Waals surface area (Å²) < 4.78 is 0. The number of aryl methyl sites for hydroxylation is 1. The average molecular weight is 300 g/mol. The van der Waals surface area contributed by atoms with Crippen LogP contribution in [-0.4, -0.2) is 11.1 Å². The number of amides is 1. The molecule has 0 aliphatic carbocycles. The van der Waals surface area contributed by atoms with Crippen LogP contribution in [0.5, 0.6) is 0 Å². The number of carbonyl (C=O) groups is 1. The van der Waals surface area contributed by atoms with Crippen LogP contribution in [0.1, 0.15) is 10.4 Å². The fraction of sp³-hybridized carbons (Fsp3) is 0.0667. The van der Waals surface area contributed by atoms with Crippen molar-refractivity contribution in [3.05, 3.63) is 57.1 Å². The van der Waals surface area contributed by atoms with E-state index in [4.69, 9.17) is 0 Å². The summed E-state index contributed by atoms with van der Waals surface area (Å²) in [6, 6.07) is 11.8. The molecule has 1 aliphatic rings. The van der Waals surface area contributed by atoms with Gasteiger partial charge < -0.3 is 5.32 Å². The third-order valence-corrected chi connectivity index (χ3v) is 4.53. The molecule has 2 aromatic rings. The Morgan fingerprint density at radius 3 is 2.80 bits per heavy atom. The van der Waals surface area contributed by atoms with E-state index in [1.165, 1.54) is 11.8 Å². The molecule has 1 aromatic heterocycles. The highest BCUT2D eigenvalue weighted by atomic mass is 32.2. The maximum absolute atomic E-state index is 11.9. The van der Waals surface area contributed by atoms with Crippen molar-refractivity contribution in [3.8, 4) is 0 Å². The van der Waals surface area contributed by atoms with Crippen molar-refractivity contribution >= 4 is 45.9 Å².